The number of hydrogen-bond acceptors (Lipinski definition) is 5. The molecular formula is C19H24N2O4. The first-order valence-corrected chi connectivity index (χ1v) is 8.55. The van der Waals surface area contributed by atoms with Gasteiger partial charge in [-0.15, -0.1) is 0 Å². The van der Waals surface area contributed by atoms with Gasteiger partial charge in [0.1, 0.15) is 5.76 Å². The topological polar surface area (TPSA) is 73.6 Å². The van der Waals surface area contributed by atoms with E-state index in [1.165, 1.54) is 0 Å². The highest BCUT2D eigenvalue weighted by Crippen LogP contribution is 2.35. The maximum absolute atomic E-state index is 12.1. The molecule has 0 radical (unpaired) electrons. The molecule has 0 spiro atoms. The number of ether oxygens (including phenoxy) is 2. The van der Waals surface area contributed by atoms with Crippen LogP contribution in [-0.4, -0.2) is 31.3 Å². The van der Waals surface area contributed by atoms with Crippen molar-refractivity contribution in [2.45, 2.75) is 33.1 Å². The van der Waals surface area contributed by atoms with Crippen LogP contribution in [0.15, 0.2) is 22.7 Å². The quantitative estimate of drug-likeness (QED) is 0.872. The van der Waals surface area contributed by atoms with E-state index in [9.17, 15) is 4.79 Å². The Kier molecular flexibility index (Phi) is 5.26. The molecule has 0 aliphatic carbocycles. The number of hydrogen-bond donors (Lipinski definition) is 1. The lowest BCUT2D eigenvalue weighted by Gasteiger charge is -2.26. The van der Waals surface area contributed by atoms with Crippen LogP contribution in [0.4, 0.5) is 0 Å². The van der Waals surface area contributed by atoms with Crippen molar-refractivity contribution in [1.29, 1.82) is 0 Å². The number of rotatable bonds is 6. The fraction of sp³-hybridized carbons (Fsp3) is 0.474. The van der Waals surface area contributed by atoms with Gasteiger partial charge >= 0.3 is 0 Å². The first-order chi connectivity index (χ1) is 12.1. The zero-order chi connectivity index (χ0) is 17.8. The van der Waals surface area contributed by atoms with E-state index in [4.69, 9.17) is 14.0 Å². The van der Waals surface area contributed by atoms with E-state index >= 15 is 0 Å². The van der Waals surface area contributed by atoms with Gasteiger partial charge in [0.05, 0.1) is 19.4 Å². The lowest BCUT2D eigenvalue weighted by atomic mass is 9.96. The molecule has 1 aliphatic rings. The minimum absolute atomic E-state index is 0.0384. The zero-order valence-corrected chi connectivity index (χ0v) is 14.9. The number of carbonyl (C=O) groups is 1. The molecule has 1 N–H and O–H groups in total. The molecule has 1 aliphatic heterocycles. The van der Waals surface area contributed by atoms with Crippen LogP contribution in [-0.2, 0) is 17.6 Å². The van der Waals surface area contributed by atoms with Gasteiger partial charge in [-0.05, 0) is 38.3 Å². The van der Waals surface area contributed by atoms with Gasteiger partial charge in [-0.1, -0.05) is 17.3 Å². The first-order valence-electron chi connectivity index (χ1n) is 8.55. The number of aromatic nitrogens is 1. The number of methoxy groups -OCH3 is 1. The van der Waals surface area contributed by atoms with Crippen LogP contribution in [0, 0.1) is 19.8 Å². The Bertz CT molecular complexity index is 734. The Morgan fingerprint density at radius 1 is 1.40 bits per heavy atom. The smallest absolute Gasteiger partial charge is 0.220 e. The van der Waals surface area contributed by atoms with E-state index in [0.717, 1.165) is 40.5 Å². The Labute approximate surface area is 147 Å². The fourth-order valence-corrected chi connectivity index (χ4v) is 3.19. The second-order valence-corrected chi connectivity index (χ2v) is 6.44. The second kappa shape index (κ2) is 7.59. The Morgan fingerprint density at radius 3 is 2.96 bits per heavy atom. The molecule has 1 amide bonds. The summed E-state index contributed by atoms with van der Waals surface area (Å²) in [6.45, 7) is 4.96. The van der Waals surface area contributed by atoms with E-state index in [2.05, 4.69) is 10.5 Å². The average molecular weight is 344 g/mol. The molecule has 1 aromatic carbocycles. The minimum atomic E-state index is 0.0384. The van der Waals surface area contributed by atoms with Crippen LogP contribution in [0.3, 0.4) is 0 Å². The number of nitrogens with one attached hydrogen (secondary N) is 1. The molecule has 6 heteroatoms. The van der Waals surface area contributed by atoms with Gasteiger partial charge in [-0.25, -0.2) is 0 Å². The molecule has 0 fully saturated rings. The molecule has 0 saturated heterocycles. The lowest BCUT2D eigenvalue weighted by molar-refractivity contribution is -0.121. The Hall–Kier alpha value is -2.50. The number of fused-ring (bicyclic) bond motifs is 1. The molecule has 0 unspecified atom stereocenters. The third-order valence-corrected chi connectivity index (χ3v) is 4.62. The van der Waals surface area contributed by atoms with E-state index in [-0.39, 0.29) is 11.8 Å². The maximum atomic E-state index is 12.1. The van der Waals surface area contributed by atoms with Crippen LogP contribution in [0.1, 0.15) is 29.0 Å². The molecule has 3 rings (SSSR count). The predicted octanol–water partition coefficient (Wildman–Crippen LogP) is 2.60. The van der Waals surface area contributed by atoms with Gasteiger partial charge in [0.25, 0.3) is 0 Å². The van der Waals surface area contributed by atoms with Crippen molar-refractivity contribution in [2.24, 2.45) is 5.92 Å². The highest BCUT2D eigenvalue weighted by Gasteiger charge is 2.23. The van der Waals surface area contributed by atoms with Gasteiger partial charge in [-0.3, -0.25) is 4.79 Å². The van der Waals surface area contributed by atoms with Crippen molar-refractivity contribution >= 4 is 5.91 Å². The molecule has 6 nitrogen and oxygen atoms in total. The van der Waals surface area contributed by atoms with E-state index in [1.54, 1.807) is 7.11 Å². The van der Waals surface area contributed by atoms with Crippen molar-refractivity contribution in [2.75, 3.05) is 20.3 Å². The molecule has 0 bridgehead atoms. The monoisotopic (exact) mass is 344 g/mol. The van der Waals surface area contributed by atoms with Crippen LogP contribution >= 0.6 is 0 Å². The van der Waals surface area contributed by atoms with Gasteiger partial charge < -0.3 is 19.3 Å². The van der Waals surface area contributed by atoms with Gasteiger partial charge in [-0.2, -0.15) is 0 Å². The third-order valence-electron chi connectivity index (χ3n) is 4.62. The number of carbonyl (C=O) groups excluding carboxylic acids is 1. The van der Waals surface area contributed by atoms with E-state index in [1.807, 2.05) is 32.0 Å². The first kappa shape index (κ1) is 17.3. The number of benzene rings is 1. The fourth-order valence-electron chi connectivity index (χ4n) is 3.19. The molecule has 134 valence electrons. The van der Waals surface area contributed by atoms with Crippen molar-refractivity contribution in [3.8, 4) is 11.5 Å². The standard InChI is InChI=1S/C19H24N2O4/c1-12-16(13(2)25-21-12)7-8-18(22)20-10-14-9-15-5-4-6-17(23-3)19(15)24-11-14/h4-6,14H,7-11H2,1-3H3,(H,20,22)/t14-/m0/s1. The SMILES string of the molecule is COc1cccc2c1OC[C@H](CNC(=O)CCc1c(C)noc1C)C2. The summed E-state index contributed by atoms with van der Waals surface area (Å²) in [5, 5.41) is 6.93. The van der Waals surface area contributed by atoms with Gasteiger partial charge in [0.2, 0.25) is 5.91 Å². The molecule has 1 aromatic heterocycles. The third kappa shape index (κ3) is 3.95. The number of para-hydroxylation sites is 1. The van der Waals surface area contributed by atoms with Crippen LogP contribution in [0.2, 0.25) is 0 Å². The molecule has 0 saturated carbocycles. The van der Waals surface area contributed by atoms with E-state index in [0.29, 0.717) is 26.0 Å². The summed E-state index contributed by atoms with van der Waals surface area (Å²) >= 11 is 0. The van der Waals surface area contributed by atoms with Crippen LogP contribution in [0.5, 0.6) is 11.5 Å². The number of amides is 1. The zero-order valence-electron chi connectivity index (χ0n) is 14.9. The highest BCUT2D eigenvalue weighted by molar-refractivity contribution is 5.76. The van der Waals surface area contributed by atoms with Crippen molar-refractivity contribution < 1.29 is 18.8 Å². The average Bonchev–Trinajstić information content (AvgIpc) is 2.95. The van der Waals surface area contributed by atoms with Crippen molar-refractivity contribution in [3.63, 3.8) is 0 Å². The van der Waals surface area contributed by atoms with E-state index < -0.39 is 0 Å². The summed E-state index contributed by atoms with van der Waals surface area (Å²) in [6.07, 6.45) is 1.95. The molecule has 25 heavy (non-hydrogen) atoms. The largest absolute Gasteiger partial charge is 0.493 e. The summed E-state index contributed by atoms with van der Waals surface area (Å²) in [7, 11) is 1.64. The number of nitrogens with zero attached hydrogens (tertiary/aromatic N) is 1. The van der Waals surface area contributed by atoms with Crippen molar-refractivity contribution in [1.82, 2.24) is 10.5 Å². The minimum Gasteiger partial charge on any atom is -0.493 e. The molecule has 2 aromatic rings. The second-order valence-electron chi connectivity index (χ2n) is 6.44. The normalized spacial score (nSPS) is 16.0. The maximum Gasteiger partial charge on any atom is 0.220 e. The summed E-state index contributed by atoms with van der Waals surface area (Å²) in [4.78, 5) is 12.1. The molecule has 1 atom stereocenters. The Morgan fingerprint density at radius 2 is 2.24 bits per heavy atom. The molecule has 2 heterocycles. The summed E-state index contributed by atoms with van der Waals surface area (Å²) in [5.74, 6) is 2.68. The number of aryl methyl sites for hydroxylation is 2. The van der Waals surface area contributed by atoms with Gasteiger partial charge in [0, 0.05) is 24.4 Å². The predicted molar refractivity (Wildman–Crippen MR) is 93.0 cm³/mol. The van der Waals surface area contributed by atoms with Crippen molar-refractivity contribution in [3.05, 3.63) is 40.8 Å². The van der Waals surface area contributed by atoms with Gasteiger partial charge in [0.15, 0.2) is 11.5 Å². The van der Waals surface area contributed by atoms with Crippen LogP contribution in [0.25, 0.3) is 0 Å². The highest BCUT2D eigenvalue weighted by atomic mass is 16.5. The molecular weight excluding hydrogens is 320 g/mol. The summed E-state index contributed by atoms with van der Waals surface area (Å²) in [6, 6.07) is 5.91. The lowest BCUT2D eigenvalue weighted by Crippen LogP contribution is -2.35. The summed E-state index contributed by atoms with van der Waals surface area (Å²) < 4.78 is 16.3. The Balaban J connectivity index is 1.48. The van der Waals surface area contributed by atoms with Crippen LogP contribution < -0.4 is 14.8 Å². The summed E-state index contributed by atoms with van der Waals surface area (Å²) in [5.41, 5.74) is 3.01.